The van der Waals surface area contributed by atoms with Crippen LogP contribution in [0, 0.1) is 6.92 Å². The normalized spacial score (nSPS) is 12.0. The molecule has 2 aromatic carbocycles. The molecular formula is C23H18ClF3N2O4S. The van der Waals surface area contributed by atoms with E-state index in [0.717, 1.165) is 10.9 Å². The van der Waals surface area contributed by atoms with E-state index >= 15 is 0 Å². The van der Waals surface area contributed by atoms with Crippen LogP contribution in [0.15, 0.2) is 60.7 Å². The smallest absolute Gasteiger partial charge is 0.417 e. The van der Waals surface area contributed by atoms with Crippen molar-refractivity contribution in [1.82, 2.24) is 5.32 Å². The number of amides is 2. The first-order chi connectivity index (χ1) is 16.0. The largest absolute Gasteiger partial charge is 0.446 e. The Balaban J connectivity index is 1.73. The van der Waals surface area contributed by atoms with Gasteiger partial charge in [0, 0.05) is 16.1 Å². The number of carbonyl (C=O) groups excluding carboxylic acids is 3. The van der Waals surface area contributed by atoms with Gasteiger partial charge in [-0.25, -0.2) is 0 Å². The van der Waals surface area contributed by atoms with Crippen molar-refractivity contribution in [2.75, 3.05) is 11.9 Å². The third-order valence-corrected chi connectivity index (χ3v) is 5.82. The Kier molecular flexibility index (Phi) is 7.95. The summed E-state index contributed by atoms with van der Waals surface area (Å²) in [5, 5.41) is 4.21. The highest BCUT2D eigenvalue weighted by molar-refractivity contribution is 7.13. The Bertz CT molecular complexity index is 1200. The first kappa shape index (κ1) is 25.3. The summed E-state index contributed by atoms with van der Waals surface area (Å²) in [6, 6.07) is 14.2. The average molecular weight is 511 g/mol. The van der Waals surface area contributed by atoms with E-state index in [1.165, 1.54) is 29.5 Å². The summed E-state index contributed by atoms with van der Waals surface area (Å²) >= 11 is 6.87. The Hall–Kier alpha value is -3.37. The molecule has 0 spiro atoms. The van der Waals surface area contributed by atoms with Crippen LogP contribution in [0.1, 0.15) is 31.8 Å². The minimum Gasteiger partial charge on any atom is -0.446 e. The van der Waals surface area contributed by atoms with Crippen LogP contribution in [-0.2, 0) is 20.5 Å². The van der Waals surface area contributed by atoms with Crippen molar-refractivity contribution in [3.8, 4) is 0 Å². The average Bonchev–Trinajstić information content (AvgIpc) is 3.23. The molecule has 1 atom stereocenters. The molecule has 0 saturated heterocycles. The highest BCUT2D eigenvalue weighted by Crippen LogP contribution is 2.36. The van der Waals surface area contributed by atoms with Crippen LogP contribution >= 0.6 is 22.9 Å². The molecule has 34 heavy (non-hydrogen) atoms. The fraction of sp³-hybridized carbons (Fsp3) is 0.174. The van der Waals surface area contributed by atoms with Crippen molar-refractivity contribution < 1.29 is 32.3 Å². The number of halogens is 4. The number of carbonyl (C=O) groups is 3. The molecule has 0 aliphatic heterocycles. The molecule has 178 valence electrons. The predicted molar refractivity (Wildman–Crippen MR) is 122 cm³/mol. The van der Waals surface area contributed by atoms with Gasteiger partial charge >= 0.3 is 12.1 Å². The molecule has 2 amide bonds. The topological polar surface area (TPSA) is 84.5 Å². The summed E-state index contributed by atoms with van der Waals surface area (Å²) < 4.78 is 44.7. The zero-order valence-corrected chi connectivity index (χ0v) is 19.2. The van der Waals surface area contributed by atoms with Gasteiger partial charge in [-0.3, -0.25) is 14.4 Å². The lowest BCUT2D eigenvalue weighted by molar-refractivity contribution is -0.153. The van der Waals surface area contributed by atoms with Crippen molar-refractivity contribution in [2.45, 2.75) is 19.2 Å². The Morgan fingerprint density at radius 3 is 2.38 bits per heavy atom. The molecular weight excluding hydrogens is 493 g/mol. The van der Waals surface area contributed by atoms with E-state index in [2.05, 4.69) is 10.6 Å². The van der Waals surface area contributed by atoms with Gasteiger partial charge in [-0.1, -0.05) is 41.9 Å². The number of benzene rings is 2. The Labute approximate surface area is 201 Å². The van der Waals surface area contributed by atoms with Gasteiger partial charge in [0.05, 0.1) is 15.5 Å². The summed E-state index contributed by atoms with van der Waals surface area (Å²) in [6.07, 6.45) is -6.19. The molecule has 0 saturated carbocycles. The minimum atomic E-state index is -4.72. The van der Waals surface area contributed by atoms with E-state index in [4.69, 9.17) is 16.3 Å². The fourth-order valence-corrected chi connectivity index (χ4v) is 3.91. The first-order valence-electron chi connectivity index (χ1n) is 9.81. The third-order valence-electron chi connectivity index (χ3n) is 4.49. The van der Waals surface area contributed by atoms with Crippen LogP contribution in [-0.4, -0.2) is 24.3 Å². The Morgan fingerprint density at radius 1 is 1.06 bits per heavy atom. The van der Waals surface area contributed by atoms with E-state index < -0.39 is 47.2 Å². The van der Waals surface area contributed by atoms with E-state index in [0.29, 0.717) is 16.5 Å². The standard InChI is InChI=1S/C23H18ClF3N2O4S/c1-13-7-10-18(34-13)21(31)28-12-19(30)33-20(14-5-3-2-4-6-14)22(32)29-15-8-9-17(24)16(11-15)23(25,26)27/h2-11,20H,12H2,1H3,(H,28,31)(H,29,32)/t20-/m0/s1. The lowest BCUT2D eigenvalue weighted by atomic mass is 10.1. The van der Waals surface area contributed by atoms with Crippen LogP contribution in [0.2, 0.25) is 5.02 Å². The maximum Gasteiger partial charge on any atom is 0.417 e. The number of thiophene rings is 1. The van der Waals surface area contributed by atoms with Gasteiger partial charge in [-0.2, -0.15) is 13.2 Å². The molecule has 11 heteroatoms. The number of ether oxygens (including phenoxy) is 1. The maximum atomic E-state index is 13.1. The second-order valence-corrected chi connectivity index (χ2v) is 8.75. The van der Waals surface area contributed by atoms with Crippen LogP contribution in [0.4, 0.5) is 18.9 Å². The third kappa shape index (κ3) is 6.58. The molecule has 3 aromatic rings. The monoisotopic (exact) mass is 510 g/mol. The van der Waals surface area contributed by atoms with Gasteiger partial charge in [-0.15, -0.1) is 11.3 Å². The summed E-state index contributed by atoms with van der Waals surface area (Å²) in [6.45, 7) is 1.32. The number of anilines is 1. The summed E-state index contributed by atoms with van der Waals surface area (Å²) in [5.74, 6) is -2.26. The number of nitrogens with one attached hydrogen (secondary N) is 2. The predicted octanol–water partition coefficient (Wildman–Crippen LogP) is 5.38. The number of aryl methyl sites for hydroxylation is 1. The summed E-state index contributed by atoms with van der Waals surface area (Å²) in [7, 11) is 0. The number of hydrogen-bond donors (Lipinski definition) is 2. The van der Waals surface area contributed by atoms with E-state index in [9.17, 15) is 27.6 Å². The van der Waals surface area contributed by atoms with Gasteiger partial charge in [0.25, 0.3) is 11.8 Å². The van der Waals surface area contributed by atoms with E-state index in [1.807, 2.05) is 6.92 Å². The molecule has 1 aromatic heterocycles. The zero-order chi connectivity index (χ0) is 24.9. The second-order valence-electron chi connectivity index (χ2n) is 7.06. The quantitative estimate of drug-likeness (QED) is 0.418. The number of esters is 1. The van der Waals surface area contributed by atoms with Crippen molar-refractivity contribution >= 4 is 46.4 Å². The van der Waals surface area contributed by atoms with Gasteiger partial charge in [0.15, 0.2) is 0 Å². The van der Waals surface area contributed by atoms with Crippen LogP contribution in [0.5, 0.6) is 0 Å². The summed E-state index contributed by atoms with van der Waals surface area (Å²) in [5.41, 5.74) is -1.01. The van der Waals surface area contributed by atoms with Crippen molar-refractivity contribution in [3.63, 3.8) is 0 Å². The zero-order valence-electron chi connectivity index (χ0n) is 17.6. The van der Waals surface area contributed by atoms with Gasteiger partial charge in [0.1, 0.15) is 6.54 Å². The molecule has 0 fully saturated rings. The highest BCUT2D eigenvalue weighted by atomic mass is 35.5. The van der Waals surface area contributed by atoms with E-state index in [1.54, 1.807) is 30.3 Å². The molecule has 6 nitrogen and oxygen atoms in total. The molecule has 0 radical (unpaired) electrons. The van der Waals surface area contributed by atoms with E-state index in [-0.39, 0.29) is 5.69 Å². The van der Waals surface area contributed by atoms with Crippen molar-refractivity contribution in [1.29, 1.82) is 0 Å². The highest BCUT2D eigenvalue weighted by Gasteiger charge is 2.34. The van der Waals surface area contributed by atoms with Crippen LogP contribution < -0.4 is 10.6 Å². The Morgan fingerprint density at radius 2 is 1.76 bits per heavy atom. The molecule has 1 heterocycles. The molecule has 0 unspecified atom stereocenters. The SMILES string of the molecule is Cc1ccc(C(=O)NCC(=O)O[C@H](C(=O)Nc2ccc(Cl)c(C(F)(F)F)c2)c2ccccc2)s1. The number of hydrogen-bond acceptors (Lipinski definition) is 5. The molecule has 3 rings (SSSR count). The number of alkyl halides is 3. The van der Waals surface area contributed by atoms with Crippen LogP contribution in [0.25, 0.3) is 0 Å². The minimum absolute atomic E-state index is 0.180. The molecule has 0 aliphatic rings. The van der Waals surface area contributed by atoms with Crippen molar-refractivity contribution in [2.24, 2.45) is 0 Å². The maximum absolute atomic E-state index is 13.1. The van der Waals surface area contributed by atoms with Gasteiger partial charge < -0.3 is 15.4 Å². The molecule has 0 aliphatic carbocycles. The molecule has 0 bridgehead atoms. The first-order valence-corrected chi connectivity index (χ1v) is 11.0. The fourth-order valence-electron chi connectivity index (χ4n) is 2.90. The lowest BCUT2D eigenvalue weighted by Gasteiger charge is -2.19. The van der Waals surface area contributed by atoms with Gasteiger partial charge in [0.2, 0.25) is 6.10 Å². The lowest BCUT2D eigenvalue weighted by Crippen LogP contribution is -2.33. The second kappa shape index (κ2) is 10.7. The van der Waals surface area contributed by atoms with Crippen molar-refractivity contribution in [3.05, 3.63) is 86.6 Å². The van der Waals surface area contributed by atoms with Gasteiger partial charge in [-0.05, 0) is 37.3 Å². The van der Waals surface area contributed by atoms with Crippen LogP contribution in [0.3, 0.4) is 0 Å². The number of rotatable bonds is 7. The molecule has 2 N–H and O–H groups in total. The summed E-state index contributed by atoms with van der Waals surface area (Å²) in [4.78, 5) is 38.7.